The molecule has 0 saturated carbocycles. The molecule has 0 saturated heterocycles. The number of rotatable bonds is 7. The Balaban J connectivity index is 2.19. The van der Waals surface area contributed by atoms with E-state index in [1.54, 1.807) is 6.07 Å². The third-order valence-electron chi connectivity index (χ3n) is 3.09. The van der Waals surface area contributed by atoms with E-state index in [2.05, 4.69) is 11.9 Å². The molecule has 0 N–H and O–H groups in total. The summed E-state index contributed by atoms with van der Waals surface area (Å²) in [6.07, 6.45) is 2.15. The van der Waals surface area contributed by atoms with Gasteiger partial charge in [-0.25, -0.2) is 9.37 Å². The first-order valence-electron chi connectivity index (χ1n) is 6.65. The molecular formula is C14H17Cl2FN2O. The van der Waals surface area contributed by atoms with Crippen molar-refractivity contribution in [3.05, 3.63) is 28.8 Å². The van der Waals surface area contributed by atoms with Gasteiger partial charge in [0.1, 0.15) is 11.6 Å². The Hall–Kier alpha value is -0.840. The number of imidazole rings is 1. The Morgan fingerprint density at radius 2 is 2.15 bits per heavy atom. The van der Waals surface area contributed by atoms with Gasteiger partial charge in [-0.1, -0.05) is 24.9 Å². The van der Waals surface area contributed by atoms with E-state index in [4.69, 9.17) is 27.9 Å². The Morgan fingerprint density at radius 1 is 1.35 bits per heavy atom. The average Bonchev–Trinajstić information content (AvgIpc) is 2.76. The number of hydrogen-bond donors (Lipinski definition) is 0. The van der Waals surface area contributed by atoms with Crippen molar-refractivity contribution in [2.24, 2.45) is 0 Å². The lowest BCUT2D eigenvalue weighted by Crippen LogP contribution is -2.09. The molecule has 6 heteroatoms. The third-order valence-corrected chi connectivity index (χ3v) is 3.62. The predicted molar refractivity (Wildman–Crippen MR) is 80.0 cm³/mol. The first-order valence-corrected chi connectivity index (χ1v) is 7.56. The number of nitrogens with zero attached hydrogens (tertiary/aromatic N) is 2. The Kier molecular flexibility index (Phi) is 5.64. The van der Waals surface area contributed by atoms with E-state index >= 15 is 0 Å². The number of benzene rings is 1. The van der Waals surface area contributed by atoms with Crippen molar-refractivity contribution in [2.45, 2.75) is 32.2 Å². The van der Waals surface area contributed by atoms with Crippen LogP contribution in [-0.2, 0) is 17.2 Å². The topological polar surface area (TPSA) is 27.1 Å². The number of halogens is 3. The smallest absolute Gasteiger partial charge is 0.144 e. The molecule has 2 rings (SSSR count). The van der Waals surface area contributed by atoms with Crippen LogP contribution in [0.25, 0.3) is 11.0 Å². The van der Waals surface area contributed by atoms with E-state index < -0.39 is 5.82 Å². The number of hydrogen-bond acceptors (Lipinski definition) is 2. The lowest BCUT2D eigenvalue weighted by molar-refractivity contribution is 0.124. The fraction of sp³-hybridized carbons (Fsp3) is 0.500. The highest BCUT2D eigenvalue weighted by Gasteiger charge is 2.12. The molecule has 20 heavy (non-hydrogen) atoms. The minimum Gasteiger partial charge on any atom is -0.380 e. The zero-order chi connectivity index (χ0) is 14.5. The van der Waals surface area contributed by atoms with E-state index in [0.29, 0.717) is 24.5 Å². The van der Waals surface area contributed by atoms with Crippen LogP contribution in [0.4, 0.5) is 4.39 Å². The molecule has 0 bridgehead atoms. The molecule has 0 unspecified atom stereocenters. The van der Waals surface area contributed by atoms with Gasteiger partial charge in [-0.15, -0.1) is 11.6 Å². The molecule has 110 valence electrons. The normalized spacial score (nSPS) is 11.4. The minimum absolute atomic E-state index is 0.0895. The molecule has 0 spiro atoms. The highest BCUT2D eigenvalue weighted by Crippen LogP contribution is 2.24. The van der Waals surface area contributed by atoms with Crippen molar-refractivity contribution in [1.29, 1.82) is 0 Å². The monoisotopic (exact) mass is 318 g/mol. The van der Waals surface area contributed by atoms with E-state index in [1.165, 1.54) is 6.07 Å². The average molecular weight is 319 g/mol. The Bertz CT molecular complexity index is 586. The number of aromatic nitrogens is 2. The van der Waals surface area contributed by atoms with E-state index in [1.807, 2.05) is 4.57 Å². The molecule has 1 aromatic heterocycles. The fourth-order valence-electron chi connectivity index (χ4n) is 2.03. The summed E-state index contributed by atoms with van der Waals surface area (Å²) < 4.78 is 20.9. The van der Waals surface area contributed by atoms with Gasteiger partial charge in [0, 0.05) is 19.2 Å². The summed E-state index contributed by atoms with van der Waals surface area (Å²) in [5, 5.41) is 0.0895. The van der Waals surface area contributed by atoms with Gasteiger partial charge in [-0.05, 0) is 12.5 Å². The number of ether oxygens (including phenoxy) is 1. The standard InChI is InChI=1S/C14H17Cl2FN2O/c1-2-3-5-20-6-4-19-13-7-10(16)11(17)8-12(13)18-14(19)9-15/h7-8H,2-6,9H2,1H3. The summed E-state index contributed by atoms with van der Waals surface area (Å²) in [5.74, 6) is 0.495. The largest absolute Gasteiger partial charge is 0.380 e. The van der Waals surface area contributed by atoms with Gasteiger partial charge in [-0.2, -0.15) is 0 Å². The van der Waals surface area contributed by atoms with E-state index in [-0.39, 0.29) is 10.9 Å². The second-order valence-electron chi connectivity index (χ2n) is 4.53. The second-order valence-corrected chi connectivity index (χ2v) is 5.21. The first kappa shape index (κ1) is 15.5. The van der Waals surface area contributed by atoms with Crippen molar-refractivity contribution in [3.63, 3.8) is 0 Å². The predicted octanol–water partition coefficient (Wildman–Crippen LogP) is 4.38. The van der Waals surface area contributed by atoms with Gasteiger partial charge >= 0.3 is 0 Å². The summed E-state index contributed by atoms with van der Waals surface area (Å²) in [4.78, 5) is 4.32. The van der Waals surface area contributed by atoms with Crippen LogP contribution >= 0.6 is 23.2 Å². The summed E-state index contributed by atoms with van der Waals surface area (Å²) in [7, 11) is 0. The van der Waals surface area contributed by atoms with Crippen molar-refractivity contribution in [2.75, 3.05) is 13.2 Å². The van der Waals surface area contributed by atoms with Gasteiger partial charge < -0.3 is 9.30 Å². The van der Waals surface area contributed by atoms with Crippen LogP contribution in [0.1, 0.15) is 25.6 Å². The van der Waals surface area contributed by atoms with Gasteiger partial charge in [0.15, 0.2) is 0 Å². The number of fused-ring (bicyclic) bond motifs is 1. The highest BCUT2D eigenvalue weighted by molar-refractivity contribution is 6.31. The first-order chi connectivity index (χ1) is 9.67. The molecule has 1 aromatic carbocycles. The lowest BCUT2D eigenvalue weighted by atomic mass is 10.3. The van der Waals surface area contributed by atoms with Crippen LogP contribution in [-0.4, -0.2) is 22.8 Å². The SMILES string of the molecule is CCCCOCCn1c(CCl)nc2cc(F)c(Cl)cc21. The van der Waals surface area contributed by atoms with Crippen LogP contribution in [0.5, 0.6) is 0 Å². The molecular weight excluding hydrogens is 302 g/mol. The molecule has 0 amide bonds. The fourth-order valence-corrected chi connectivity index (χ4v) is 2.39. The molecule has 0 fully saturated rings. The Labute approximate surface area is 127 Å². The summed E-state index contributed by atoms with van der Waals surface area (Å²) in [6, 6.07) is 2.92. The molecule has 0 atom stereocenters. The molecule has 2 aromatic rings. The van der Waals surface area contributed by atoms with Crippen LogP contribution in [0.3, 0.4) is 0 Å². The van der Waals surface area contributed by atoms with Gasteiger partial charge in [-0.3, -0.25) is 0 Å². The third kappa shape index (κ3) is 3.43. The maximum atomic E-state index is 13.4. The molecule has 0 radical (unpaired) electrons. The van der Waals surface area contributed by atoms with Gasteiger partial charge in [0.25, 0.3) is 0 Å². The quantitative estimate of drug-likeness (QED) is 0.559. The van der Waals surface area contributed by atoms with Crippen LogP contribution in [0.15, 0.2) is 12.1 Å². The van der Waals surface area contributed by atoms with Gasteiger partial charge in [0.2, 0.25) is 0 Å². The van der Waals surface area contributed by atoms with Crippen molar-refractivity contribution < 1.29 is 9.13 Å². The summed E-state index contributed by atoms with van der Waals surface area (Å²) >= 11 is 11.7. The zero-order valence-corrected chi connectivity index (χ0v) is 12.8. The van der Waals surface area contributed by atoms with Gasteiger partial charge in [0.05, 0.1) is 28.5 Å². The lowest BCUT2D eigenvalue weighted by Gasteiger charge is -2.08. The molecule has 0 aliphatic carbocycles. The van der Waals surface area contributed by atoms with E-state index in [9.17, 15) is 4.39 Å². The minimum atomic E-state index is -0.468. The number of alkyl halides is 1. The van der Waals surface area contributed by atoms with Crippen LogP contribution in [0, 0.1) is 5.82 Å². The molecule has 1 heterocycles. The zero-order valence-electron chi connectivity index (χ0n) is 11.3. The number of unbranched alkanes of at least 4 members (excludes halogenated alkanes) is 1. The van der Waals surface area contributed by atoms with Crippen LogP contribution in [0.2, 0.25) is 5.02 Å². The van der Waals surface area contributed by atoms with Crippen LogP contribution < -0.4 is 0 Å². The second kappa shape index (κ2) is 7.25. The van der Waals surface area contributed by atoms with Crippen molar-refractivity contribution in [1.82, 2.24) is 9.55 Å². The molecule has 0 aliphatic rings. The maximum absolute atomic E-state index is 13.4. The van der Waals surface area contributed by atoms with Crippen molar-refractivity contribution >= 4 is 34.2 Å². The highest BCUT2D eigenvalue weighted by atomic mass is 35.5. The van der Waals surface area contributed by atoms with Crippen molar-refractivity contribution in [3.8, 4) is 0 Å². The maximum Gasteiger partial charge on any atom is 0.144 e. The molecule has 3 nitrogen and oxygen atoms in total. The summed E-state index contributed by atoms with van der Waals surface area (Å²) in [5.41, 5.74) is 1.35. The Morgan fingerprint density at radius 3 is 2.85 bits per heavy atom. The van der Waals surface area contributed by atoms with E-state index in [0.717, 1.165) is 25.0 Å². The summed E-state index contributed by atoms with van der Waals surface area (Å²) in [6.45, 7) is 4.07. The molecule has 0 aliphatic heterocycles.